The number of hydrogen-bond donors (Lipinski definition) is 1. The highest BCUT2D eigenvalue weighted by molar-refractivity contribution is 8.00. The van der Waals surface area contributed by atoms with Crippen LogP contribution >= 0.6 is 11.8 Å². The number of allylic oxidation sites excluding steroid dienone is 1. The molecule has 1 aliphatic carbocycles. The second-order valence-corrected chi connectivity index (χ2v) is 6.90. The average molecular weight is 239 g/mol. The Morgan fingerprint density at radius 1 is 1.38 bits per heavy atom. The lowest BCUT2D eigenvalue weighted by Crippen LogP contribution is -2.33. The normalized spacial score (nSPS) is 29.7. The van der Waals surface area contributed by atoms with E-state index >= 15 is 0 Å². The molecule has 2 nitrogen and oxygen atoms in total. The number of nitrogens with one attached hydrogen (secondary N) is 1. The Balaban J connectivity index is 2.30. The van der Waals surface area contributed by atoms with Crippen molar-refractivity contribution in [3.8, 4) is 0 Å². The van der Waals surface area contributed by atoms with Gasteiger partial charge in [0.05, 0.1) is 0 Å². The number of carbonyl (C=O) groups is 1. The van der Waals surface area contributed by atoms with E-state index in [4.69, 9.17) is 0 Å². The SMILES string of the molecule is CNC1=C(C2CCCS2)C(=O)CC(C)(C)C1. The Morgan fingerprint density at radius 2 is 2.12 bits per heavy atom. The van der Waals surface area contributed by atoms with Gasteiger partial charge in [-0.15, -0.1) is 0 Å². The summed E-state index contributed by atoms with van der Waals surface area (Å²) in [6.45, 7) is 4.36. The molecule has 0 saturated carbocycles. The Labute approximate surface area is 102 Å². The highest BCUT2D eigenvalue weighted by Crippen LogP contribution is 2.42. The van der Waals surface area contributed by atoms with Crippen molar-refractivity contribution in [2.45, 2.75) is 44.8 Å². The van der Waals surface area contributed by atoms with E-state index in [1.807, 2.05) is 18.8 Å². The summed E-state index contributed by atoms with van der Waals surface area (Å²) >= 11 is 1.95. The molecular formula is C13H21NOS. The molecule has 16 heavy (non-hydrogen) atoms. The summed E-state index contributed by atoms with van der Waals surface area (Å²) in [4.78, 5) is 12.3. The van der Waals surface area contributed by atoms with E-state index in [1.54, 1.807) is 0 Å². The molecule has 0 aromatic carbocycles. The largest absolute Gasteiger partial charge is 0.391 e. The van der Waals surface area contributed by atoms with Gasteiger partial charge in [0.15, 0.2) is 5.78 Å². The summed E-state index contributed by atoms with van der Waals surface area (Å²) in [6.07, 6.45) is 4.16. The van der Waals surface area contributed by atoms with E-state index in [-0.39, 0.29) is 5.41 Å². The molecule has 1 unspecified atom stereocenters. The monoisotopic (exact) mass is 239 g/mol. The van der Waals surface area contributed by atoms with E-state index in [9.17, 15) is 4.79 Å². The van der Waals surface area contributed by atoms with Crippen molar-refractivity contribution in [1.82, 2.24) is 5.32 Å². The van der Waals surface area contributed by atoms with Crippen LogP contribution in [-0.4, -0.2) is 23.8 Å². The van der Waals surface area contributed by atoms with Crippen molar-refractivity contribution in [2.24, 2.45) is 5.41 Å². The molecule has 1 heterocycles. The van der Waals surface area contributed by atoms with E-state index in [1.165, 1.54) is 24.3 Å². The maximum Gasteiger partial charge on any atom is 0.162 e. The molecule has 2 aliphatic rings. The number of rotatable bonds is 2. The number of Topliss-reactive ketones (excluding diaryl/α,β-unsaturated/α-hetero) is 1. The van der Waals surface area contributed by atoms with E-state index in [0.717, 1.165) is 12.0 Å². The summed E-state index contributed by atoms with van der Waals surface area (Å²) in [5.74, 6) is 1.59. The van der Waals surface area contributed by atoms with Gasteiger partial charge in [0.2, 0.25) is 0 Å². The van der Waals surface area contributed by atoms with Gasteiger partial charge in [-0.1, -0.05) is 13.8 Å². The van der Waals surface area contributed by atoms with Crippen molar-refractivity contribution in [1.29, 1.82) is 0 Å². The third-order valence-electron chi connectivity index (χ3n) is 3.47. The van der Waals surface area contributed by atoms with Crippen molar-refractivity contribution in [3.63, 3.8) is 0 Å². The molecular weight excluding hydrogens is 218 g/mol. The van der Waals surface area contributed by atoms with Crippen LogP contribution in [-0.2, 0) is 4.79 Å². The van der Waals surface area contributed by atoms with Crippen LogP contribution < -0.4 is 5.32 Å². The Bertz CT molecular complexity index is 327. The zero-order chi connectivity index (χ0) is 11.8. The second kappa shape index (κ2) is 4.44. The van der Waals surface area contributed by atoms with Gasteiger partial charge >= 0.3 is 0 Å². The second-order valence-electron chi connectivity index (χ2n) is 5.58. The lowest BCUT2D eigenvalue weighted by Gasteiger charge is -2.33. The molecule has 3 heteroatoms. The standard InChI is InChI=1S/C13H21NOS/c1-13(2)7-9(14-3)12(10(15)8-13)11-5-4-6-16-11/h11,14H,4-8H2,1-3H3. The number of hydrogen-bond acceptors (Lipinski definition) is 3. The van der Waals surface area contributed by atoms with Gasteiger partial charge in [0, 0.05) is 30.0 Å². The summed E-state index contributed by atoms with van der Waals surface area (Å²) in [5.41, 5.74) is 2.42. The fraction of sp³-hybridized carbons (Fsp3) is 0.769. The molecule has 0 spiro atoms. The van der Waals surface area contributed by atoms with Gasteiger partial charge in [-0.05, 0) is 30.4 Å². The van der Waals surface area contributed by atoms with Crippen LogP contribution in [0.3, 0.4) is 0 Å². The molecule has 1 atom stereocenters. The zero-order valence-electron chi connectivity index (χ0n) is 10.4. The van der Waals surface area contributed by atoms with Crippen LogP contribution in [0.2, 0.25) is 0 Å². The minimum atomic E-state index is 0.127. The molecule has 0 aromatic heterocycles. The minimum absolute atomic E-state index is 0.127. The predicted molar refractivity (Wildman–Crippen MR) is 69.6 cm³/mol. The molecule has 1 fully saturated rings. The van der Waals surface area contributed by atoms with E-state index in [0.29, 0.717) is 17.5 Å². The smallest absolute Gasteiger partial charge is 0.162 e. The van der Waals surface area contributed by atoms with Gasteiger partial charge in [0.1, 0.15) is 0 Å². The molecule has 90 valence electrons. The quantitative estimate of drug-likeness (QED) is 0.803. The Kier molecular flexibility index (Phi) is 3.34. The summed E-state index contributed by atoms with van der Waals surface area (Å²) < 4.78 is 0. The van der Waals surface area contributed by atoms with Crippen molar-refractivity contribution in [2.75, 3.05) is 12.8 Å². The van der Waals surface area contributed by atoms with Crippen LogP contribution in [0, 0.1) is 5.41 Å². The fourth-order valence-corrected chi connectivity index (χ4v) is 4.13. The maximum absolute atomic E-state index is 12.3. The summed E-state index contributed by atoms with van der Waals surface area (Å²) in [7, 11) is 1.95. The van der Waals surface area contributed by atoms with Gasteiger partial charge in [-0.25, -0.2) is 0 Å². The molecule has 2 rings (SSSR count). The highest BCUT2D eigenvalue weighted by Gasteiger charge is 2.36. The zero-order valence-corrected chi connectivity index (χ0v) is 11.2. The molecule has 1 aliphatic heterocycles. The number of ketones is 1. The maximum atomic E-state index is 12.3. The molecule has 0 radical (unpaired) electrons. The fourth-order valence-electron chi connectivity index (χ4n) is 2.74. The van der Waals surface area contributed by atoms with Gasteiger partial charge in [-0.2, -0.15) is 11.8 Å². The van der Waals surface area contributed by atoms with Crippen LogP contribution in [0.4, 0.5) is 0 Å². The first-order valence-electron chi connectivity index (χ1n) is 6.09. The van der Waals surface area contributed by atoms with E-state index in [2.05, 4.69) is 19.2 Å². The predicted octanol–water partition coefficient (Wildman–Crippen LogP) is 2.74. The molecule has 1 saturated heterocycles. The number of thioether (sulfide) groups is 1. The summed E-state index contributed by atoms with van der Waals surface area (Å²) in [6, 6.07) is 0. The summed E-state index contributed by atoms with van der Waals surface area (Å²) in [5, 5.41) is 3.73. The van der Waals surface area contributed by atoms with Crippen LogP contribution in [0.5, 0.6) is 0 Å². The first-order valence-corrected chi connectivity index (χ1v) is 7.14. The van der Waals surface area contributed by atoms with Crippen LogP contribution in [0.15, 0.2) is 11.3 Å². The molecule has 0 bridgehead atoms. The topological polar surface area (TPSA) is 29.1 Å². The van der Waals surface area contributed by atoms with Crippen LogP contribution in [0.1, 0.15) is 39.5 Å². The Morgan fingerprint density at radius 3 is 2.69 bits per heavy atom. The van der Waals surface area contributed by atoms with E-state index < -0.39 is 0 Å². The van der Waals surface area contributed by atoms with Crippen LogP contribution in [0.25, 0.3) is 0 Å². The lowest BCUT2D eigenvalue weighted by atomic mass is 9.75. The molecule has 1 N–H and O–H groups in total. The molecule has 0 amide bonds. The first-order chi connectivity index (χ1) is 7.53. The third-order valence-corrected chi connectivity index (χ3v) is 4.87. The lowest BCUT2D eigenvalue weighted by molar-refractivity contribution is -0.118. The van der Waals surface area contributed by atoms with Crippen molar-refractivity contribution >= 4 is 17.5 Å². The number of carbonyl (C=O) groups excluding carboxylic acids is 1. The van der Waals surface area contributed by atoms with Gasteiger partial charge < -0.3 is 5.32 Å². The average Bonchev–Trinajstić information content (AvgIpc) is 2.67. The first kappa shape index (κ1) is 12.0. The Hall–Kier alpha value is -0.440. The third kappa shape index (κ3) is 2.29. The van der Waals surface area contributed by atoms with Gasteiger partial charge in [0.25, 0.3) is 0 Å². The molecule has 0 aromatic rings. The van der Waals surface area contributed by atoms with Gasteiger partial charge in [-0.3, -0.25) is 4.79 Å². The highest BCUT2D eigenvalue weighted by atomic mass is 32.2. The minimum Gasteiger partial charge on any atom is -0.391 e. The van der Waals surface area contributed by atoms with Crippen molar-refractivity contribution < 1.29 is 4.79 Å². The van der Waals surface area contributed by atoms with Crippen molar-refractivity contribution in [3.05, 3.63) is 11.3 Å².